The molecule has 111 heavy (non-hydrogen) atoms. The molecule has 0 fully saturated rings. The van der Waals surface area contributed by atoms with Gasteiger partial charge in [-0.05, 0) is 284 Å². The molecule has 11 heteroatoms. The zero-order valence-corrected chi connectivity index (χ0v) is 66.1. The first-order valence-corrected chi connectivity index (χ1v) is 40.7. The Morgan fingerprint density at radius 3 is 1.23 bits per heavy atom. The number of hydrogen-bond acceptors (Lipinski definition) is 8. The highest BCUT2D eigenvalue weighted by molar-refractivity contribution is 7.34. The largest absolute Gasteiger partial charge is 0.457 e. The van der Waals surface area contributed by atoms with Crippen molar-refractivity contribution in [3.8, 4) is 44.9 Å². The monoisotopic (exact) mass is 1460 g/mol. The lowest BCUT2D eigenvalue weighted by Crippen LogP contribution is -2.66. The molecule has 2 aromatic heterocycles. The molecule has 0 saturated carbocycles. The molecule has 6 aliphatic heterocycles. The zero-order chi connectivity index (χ0) is 75.0. The molecular formula is C100H78B3N5OS2. The molecule has 0 bridgehead atoms. The number of ether oxygens (including phenoxy) is 1. The predicted molar refractivity (Wildman–Crippen MR) is 479 cm³/mol. The van der Waals surface area contributed by atoms with Gasteiger partial charge in [0.05, 0.1) is 22.7 Å². The van der Waals surface area contributed by atoms with E-state index in [0.29, 0.717) is 0 Å². The van der Waals surface area contributed by atoms with Crippen LogP contribution in [0.4, 0.5) is 79.6 Å². The second kappa shape index (κ2) is 24.2. The van der Waals surface area contributed by atoms with Crippen molar-refractivity contribution in [2.45, 2.75) is 83.1 Å². The number of rotatable bonds is 7. The SMILES string of the molecule is Cc1cc(C)c(N2c3cc4c(cc3B3c5sc6ccccc6c5Oc5cc(-c6ccccc6C)cc2c53)B2c3cc5c(cc3N(c3c(C)cc(C)cc3C)c3cc(-c6ccccc6C)cc(c32)N4c2c(C)cc(C)cc2C)Nc2cc(-c3ccccc3C)cc3c2B5c2sc4ccccc4c2N3c2ccccc2)c(C)c1. The van der Waals surface area contributed by atoms with Crippen LogP contribution in [0.3, 0.4) is 0 Å². The van der Waals surface area contributed by atoms with E-state index >= 15 is 0 Å². The number of fused-ring (bicyclic) bond motifs is 16. The second-order valence-electron chi connectivity index (χ2n) is 32.3. The highest BCUT2D eigenvalue weighted by Crippen LogP contribution is 2.55. The summed E-state index contributed by atoms with van der Waals surface area (Å²) in [6.45, 7) is 26.9. The lowest BCUT2D eigenvalue weighted by molar-refractivity contribution is 0.495. The minimum Gasteiger partial charge on any atom is -0.457 e. The summed E-state index contributed by atoms with van der Waals surface area (Å²) in [7, 11) is 0. The molecule has 22 rings (SSSR count). The van der Waals surface area contributed by atoms with Crippen LogP contribution in [-0.4, -0.2) is 20.1 Å². The van der Waals surface area contributed by atoms with Crippen LogP contribution < -0.4 is 77.4 Å². The average Bonchev–Trinajstić information content (AvgIpc) is 1.27. The average molecular weight is 1460 g/mol. The van der Waals surface area contributed by atoms with Crippen LogP contribution in [0.5, 0.6) is 11.5 Å². The Hall–Kier alpha value is -12.0. The molecule has 16 aromatic rings. The van der Waals surface area contributed by atoms with Crippen LogP contribution >= 0.6 is 22.7 Å². The number of anilines is 14. The molecular weight excluding hydrogens is 1380 g/mol. The Balaban J connectivity index is 0.902. The first kappa shape index (κ1) is 66.0. The van der Waals surface area contributed by atoms with E-state index in [-0.39, 0.29) is 20.1 Å². The maximum atomic E-state index is 7.66. The molecule has 0 atom stereocenters. The van der Waals surface area contributed by atoms with Crippen molar-refractivity contribution in [2.75, 3.05) is 24.9 Å². The van der Waals surface area contributed by atoms with Gasteiger partial charge in [-0.1, -0.05) is 187 Å². The number of benzene rings is 14. The molecule has 530 valence electrons. The third kappa shape index (κ3) is 9.58. The van der Waals surface area contributed by atoms with Crippen LogP contribution in [-0.2, 0) is 0 Å². The summed E-state index contributed by atoms with van der Waals surface area (Å²) in [4.78, 5) is 10.7. The van der Waals surface area contributed by atoms with Crippen molar-refractivity contribution in [2.24, 2.45) is 0 Å². The van der Waals surface area contributed by atoms with E-state index in [0.717, 1.165) is 45.2 Å². The van der Waals surface area contributed by atoms with Crippen molar-refractivity contribution >= 4 is 190 Å². The van der Waals surface area contributed by atoms with Gasteiger partial charge >= 0.3 is 0 Å². The molecule has 8 heterocycles. The second-order valence-corrected chi connectivity index (χ2v) is 34.4. The molecule has 6 nitrogen and oxygen atoms in total. The maximum Gasteiger partial charge on any atom is 0.268 e. The highest BCUT2D eigenvalue weighted by Gasteiger charge is 2.52. The van der Waals surface area contributed by atoms with Crippen LogP contribution in [0.2, 0.25) is 0 Å². The molecule has 0 saturated heterocycles. The van der Waals surface area contributed by atoms with Crippen LogP contribution in [0.1, 0.15) is 66.8 Å². The van der Waals surface area contributed by atoms with Gasteiger partial charge in [-0.2, -0.15) is 0 Å². The number of thiophene rings is 2. The summed E-state index contributed by atoms with van der Waals surface area (Å²) in [5, 5.41) is 6.78. The van der Waals surface area contributed by atoms with E-state index < -0.39 is 0 Å². The van der Waals surface area contributed by atoms with E-state index in [1.54, 1.807) is 0 Å². The summed E-state index contributed by atoms with van der Waals surface area (Å²) in [5.41, 5.74) is 47.1. The number of hydrogen-bond donors (Lipinski definition) is 1. The molecule has 0 aliphatic carbocycles. The van der Waals surface area contributed by atoms with Crippen molar-refractivity contribution in [3.05, 3.63) is 315 Å². The Morgan fingerprint density at radius 2 is 0.694 bits per heavy atom. The van der Waals surface area contributed by atoms with E-state index in [4.69, 9.17) is 4.74 Å². The molecule has 14 aromatic carbocycles. The van der Waals surface area contributed by atoms with Gasteiger partial charge in [0, 0.05) is 86.6 Å². The standard InChI is InChI=1S/C100H78B3N5OS2/c1-54-38-60(7)94(61(8)39-54)106-81-52-79-75(102-91-80(104-79)44-66(70-31-19-16-26-57(70)4)45-84(91)105(69-29-14-13-15-30-69)97-73-34-22-24-36-89(73)110-99(97)102)50-76(81)101-77-51-78-83(53-82(77)107(95-62(9)40-55(2)41-63(95)10)86-47-67(46-85(106)92(86)101)71-32-20-17-27-58(71)5)108(96-64(11)42-56(3)43-65(96)12)87-48-68(72-33-21-18-28-59(72)6)49-88-93(87)103(78)100-98(109-88)74-35-23-25-37-90(74)111-100/h13-53,104H,1-12H3. The van der Waals surface area contributed by atoms with Crippen LogP contribution in [0.15, 0.2) is 249 Å². The fourth-order valence-electron chi connectivity index (χ4n) is 20.8. The summed E-state index contributed by atoms with van der Waals surface area (Å²) < 4.78 is 12.7. The normalized spacial score (nSPS) is 13.6. The minimum absolute atomic E-state index is 0.140. The zero-order valence-electron chi connectivity index (χ0n) is 64.4. The molecule has 0 radical (unpaired) electrons. The summed E-state index contributed by atoms with van der Waals surface area (Å²) >= 11 is 3.85. The van der Waals surface area contributed by atoms with E-state index in [9.17, 15) is 0 Å². The molecule has 6 aliphatic rings. The van der Waals surface area contributed by atoms with Gasteiger partial charge in [-0.25, -0.2) is 0 Å². The Bertz CT molecular complexity index is 6760. The lowest BCUT2D eigenvalue weighted by atomic mass is 9.30. The van der Waals surface area contributed by atoms with Gasteiger partial charge in [-0.15, -0.1) is 22.7 Å². The van der Waals surface area contributed by atoms with Gasteiger partial charge < -0.3 is 29.7 Å². The third-order valence-corrected chi connectivity index (χ3v) is 27.4. The first-order valence-electron chi connectivity index (χ1n) is 39.0. The number of aryl methyl sites for hydroxylation is 12. The van der Waals surface area contributed by atoms with Gasteiger partial charge in [0.25, 0.3) is 20.1 Å². The Morgan fingerprint density at radius 1 is 0.288 bits per heavy atom. The van der Waals surface area contributed by atoms with Crippen LogP contribution in [0, 0.1) is 83.1 Å². The van der Waals surface area contributed by atoms with Gasteiger partial charge in [0.15, 0.2) is 0 Å². The van der Waals surface area contributed by atoms with Gasteiger partial charge in [-0.3, -0.25) is 0 Å². The van der Waals surface area contributed by atoms with Crippen molar-refractivity contribution in [1.29, 1.82) is 0 Å². The fraction of sp³-hybridized carbons (Fsp3) is 0.120. The van der Waals surface area contributed by atoms with E-state index in [1.165, 1.54) is 214 Å². The van der Waals surface area contributed by atoms with Crippen LogP contribution in [0.25, 0.3) is 53.6 Å². The smallest absolute Gasteiger partial charge is 0.268 e. The lowest BCUT2D eigenvalue weighted by Gasteiger charge is -2.48. The predicted octanol–water partition coefficient (Wildman–Crippen LogP) is 21.7. The van der Waals surface area contributed by atoms with Gasteiger partial charge in [0.1, 0.15) is 11.5 Å². The van der Waals surface area contributed by atoms with Crippen molar-refractivity contribution < 1.29 is 4.74 Å². The Kier molecular flexibility index (Phi) is 14.4. The van der Waals surface area contributed by atoms with E-state index in [2.05, 4.69) is 357 Å². The molecule has 0 amide bonds. The fourth-order valence-corrected chi connectivity index (χ4v) is 23.3. The van der Waals surface area contributed by atoms with Crippen molar-refractivity contribution in [3.63, 3.8) is 0 Å². The first-order chi connectivity index (χ1) is 54.0. The number of para-hydroxylation sites is 1. The van der Waals surface area contributed by atoms with Gasteiger partial charge in [0.2, 0.25) is 0 Å². The number of nitrogens with zero attached hydrogens (tertiary/aromatic N) is 4. The number of nitrogens with one attached hydrogen (secondary N) is 1. The summed E-state index contributed by atoms with van der Waals surface area (Å²) in [5.74, 6) is 1.86. The molecule has 1 N–H and O–H groups in total. The highest BCUT2D eigenvalue weighted by atomic mass is 32.1. The topological polar surface area (TPSA) is 34.2 Å². The third-order valence-electron chi connectivity index (χ3n) is 24.9. The summed E-state index contributed by atoms with van der Waals surface area (Å²) in [6.07, 6.45) is 0. The van der Waals surface area contributed by atoms with Crippen molar-refractivity contribution in [1.82, 2.24) is 0 Å². The Labute approximate surface area is 658 Å². The quantitative estimate of drug-likeness (QED) is 0.160. The summed E-state index contributed by atoms with van der Waals surface area (Å²) in [6, 6.07) is 96.0. The van der Waals surface area contributed by atoms with E-state index in [1.807, 2.05) is 22.7 Å². The minimum atomic E-state index is -0.288. The molecule has 0 spiro atoms. The molecule has 0 unspecified atom stereocenters. The maximum absolute atomic E-state index is 7.66.